The van der Waals surface area contributed by atoms with Gasteiger partial charge in [-0.1, -0.05) is 19.8 Å². The lowest BCUT2D eigenvalue weighted by Crippen LogP contribution is -2.36. The predicted octanol–water partition coefficient (Wildman–Crippen LogP) is 1.78. The maximum atomic E-state index is 5.73. The molecule has 1 aliphatic heterocycles. The summed E-state index contributed by atoms with van der Waals surface area (Å²) < 4.78 is 0. The van der Waals surface area contributed by atoms with Crippen molar-refractivity contribution in [3.05, 3.63) is 0 Å². The summed E-state index contributed by atoms with van der Waals surface area (Å²) in [6, 6.07) is 0. The van der Waals surface area contributed by atoms with Gasteiger partial charge in [0, 0.05) is 26.2 Å². The largest absolute Gasteiger partial charge is 0.330 e. The van der Waals surface area contributed by atoms with Gasteiger partial charge in [0.05, 0.1) is 0 Å². The summed E-state index contributed by atoms with van der Waals surface area (Å²) in [6.07, 6.45) is 7.23. The smallest absolute Gasteiger partial charge is 0.0109 e. The summed E-state index contributed by atoms with van der Waals surface area (Å²) in [5, 5.41) is 0. The highest BCUT2D eigenvalue weighted by molar-refractivity contribution is 4.76. The second-order valence-corrected chi connectivity index (χ2v) is 6.45. The van der Waals surface area contributed by atoms with Crippen molar-refractivity contribution in [3.63, 3.8) is 0 Å². The normalized spacial score (nSPS) is 26.3. The molecule has 1 atom stereocenters. The minimum absolute atomic E-state index is 0.645. The number of nitrogens with zero attached hydrogens (tertiary/aromatic N) is 2. The molecular weight excluding hydrogens is 222 g/mol. The lowest BCUT2D eigenvalue weighted by Gasteiger charge is -2.25. The topological polar surface area (TPSA) is 32.5 Å². The van der Waals surface area contributed by atoms with Crippen LogP contribution in [0.5, 0.6) is 0 Å². The molecule has 0 amide bonds. The van der Waals surface area contributed by atoms with Crippen LogP contribution >= 0.6 is 0 Å². The first-order valence-electron chi connectivity index (χ1n) is 7.92. The van der Waals surface area contributed by atoms with Gasteiger partial charge in [-0.2, -0.15) is 0 Å². The van der Waals surface area contributed by atoms with E-state index in [1.165, 1.54) is 71.4 Å². The molecule has 1 aliphatic carbocycles. The van der Waals surface area contributed by atoms with Gasteiger partial charge in [0.1, 0.15) is 0 Å². The highest BCUT2D eigenvalue weighted by Gasteiger charge is 2.21. The van der Waals surface area contributed by atoms with Crippen LogP contribution in [0.15, 0.2) is 0 Å². The number of hydrogen-bond acceptors (Lipinski definition) is 3. The molecule has 0 aromatic rings. The molecule has 2 rings (SSSR count). The quantitative estimate of drug-likeness (QED) is 0.810. The van der Waals surface area contributed by atoms with Crippen molar-refractivity contribution in [1.82, 2.24) is 9.80 Å². The van der Waals surface area contributed by atoms with Gasteiger partial charge in [-0.15, -0.1) is 0 Å². The molecule has 1 heterocycles. The molecule has 2 N–H and O–H groups in total. The first-order chi connectivity index (χ1) is 8.78. The second kappa shape index (κ2) is 7.46. The van der Waals surface area contributed by atoms with Crippen molar-refractivity contribution in [2.75, 3.05) is 45.8 Å². The van der Waals surface area contributed by atoms with E-state index in [4.69, 9.17) is 5.73 Å². The Hall–Kier alpha value is -0.120. The Morgan fingerprint density at radius 3 is 2.39 bits per heavy atom. The van der Waals surface area contributed by atoms with E-state index in [0.29, 0.717) is 5.92 Å². The Kier molecular flexibility index (Phi) is 5.93. The fourth-order valence-electron chi connectivity index (χ4n) is 3.46. The summed E-state index contributed by atoms with van der Waals surface area (Å²) in [5.74, 6) is 1.64. The zero-order valence-corrected chi connectivity index (χ0v) is 12.1. The number of nitrogens with two attached hydrogens (primary N) is 1. The zero-order valence-electron chi connectivity index (χ0n) is 12.1. The Balaban J connectivity index is 1.70. The van der Waals surface area contributed by atoms with Crippen LogP contribution in [-0.2, 0) is 0 Å². The van der Waals surface area contributed by atoms with Crippen molar-refractivity contribution in [2.24, 2.45) is 17.6 Å². The van der Waals surface area contributed by atoms with Crippen molar-refractivity contribution in [1.29, 1.82) is 0 Å². The molecule has 1 saturated carbocycles. The summed E-state index contributed by atoms with van der Waals surface area (Å²) in [6.45, 7) is 10.7. The van der Waals surface area contributed by atoms with Crippen molar-refractivity contribution >= 4 is 0 Å². The predicted molar refractivity (Wildman–Crippen MR) is 77.7 cm³/mol. The fraction of sp³-hybridized carbons (Fsp3) is 1.00. The molecule has 2 aliphatic rings. The van der Waals surface area contributed by atoms with E-state index in [1.807, 2.05) is 0 Å². The summed E-state index contributed by atoms with van der Waals surface area (Å²) in [7, 11) is 0. The molecule has 106 valence electrons. The average molecular weight is 253 g/mol. The van der Waals surface area contributed by atoms with Crippen LogP contribution in [0.3, 0.4) is 0 Å². The van der Waals surface area contributed by atoms with Gasteiger partial charge < -0.3 is 15.5 Å². The van der Waals surface area contributed by atoms with Crippen LogP contribution in [0.2, 0.25) is 0 Å². The Morgan fingerprint density at radius 2 is 1.67 bits per heavy atom. The fourth-order valence-corrected chi connectivity index (χ4v) is 3.46. The highest BCUT2D eigenvalue weighted by Crippen LogP contribution is 2.25. The van der Waals surface area contributed by atoms with Gasteiger partial charge in [0.2, 0.25) is 0 Å². The minimum atomic E-state index is 0.645. The summed E-state index contributed by atoms with van der Waals surface area (Å²) in [4.78, 5) is 5.33. The molecule has 1 saturated heterocycles. The van der Waals surface area contributed by atoms with E-state index in [-0.39, 0.29) is 0 Å². The molecule has 18 heavy (non-hydrogen) atoms. The standard InChI is InChI=1S/C15H31N3/c1-14(11-16)12-17-7-4-8-18(10-9-17)13-15-5-2-3-6-15/h14-15H,2-13,16H2,1H3. The van der Waals surface area contributed by atoms with Gasteiger partial charge in [0.15, 0.2) is 0 Å². The van der Waals surface area contributed by atoms with E-state index in [9.17, 15) is 0 Å². The van der Waals surface area contributed by atoms with Crippen LogP contribution in [0.1, 0.15) is 39.0 Å². The van der Waals surface area contributed by atoms with E-state index < -0.39 is 0 Å². The molecule has 0 spiro atoms. The maximum Gasteiger partial charge on any atom is 0.0109 e. The lowest BCUT2D eigenvalue weighted by atomic mass is 10.1. The third-order valence-corrected chi connectivity index (χ3v) is 4.64. The van der Waals surface area contributed by atoms with Gasteiger partial charge in [0.25, 0.3) is 0 Å². The van der Waals surface area contributed by atoms with Crippen LogP contribution < -0.4 is 5.73 Å². The van der Waals surface area contributed by atoms with Crippen LogP contribution in [0.4, 0.5) is 0 Å². The van der Waals surface area contributed by atoms with Crippen molar-refractivity contribution in [3.8, 4) is 0 Å². The second-order valence-electron chi connectivity index (χ2n) is 6.45. The van der Waals surface area contributed by atoms with E-state index in [2.05, 4.69) is 16.7 Å². The van der Waals surface area contributed by atoms with Crippen molar-refractivity contribution in [2.45, 2.75) is 39.0 Å². The number of hydrogen-bond donors (Lipinski definition) is 1. The Morgan fingerprint density at radius 1 is 1.00 bits per heavy atom. The first kappa shape index (κ1) is 14.3. The molecule has 2 fully saturated rings. The van der Waals surface area contributed by atoms with Gasteiger partial charge in [-0.25, -0.2) is 0 Å². The zero-order chi connectivity index (χ0) is 12.8. The molecule has 0 bridgehead atoms. The maximum absolute atomic E-state index is 5.73. The molecule has 0 aromatic carbocycles. The SMILES string of the molecule is CC(CN)CN1CCCN(CC2CCCC2)CC1. The van der Waals surface area contributed by atoms with Crippen LogP contribution in [-0.4, -0.2) is 55.6 Å². The van der Waals surface area contributed by atoms with Gasteiger partial charge in [-0.3, -0.25) is 0 Å². The molecule has 3 heteroatoms. The minimum Gasteiger partial charge on any atom is -0.330 e. The Labute approximate surface area is 113 Å². The average Bonchev–Trinajstić information content (AvgIpc) is 2.78. The molecule has 3 nitrogen and oxygen atoms in total. The lowest BCUT2D eigenvalue weighted by molar-refractivity contribution is 0.218. The van der Waals surface area contributed by atoms with Gasteiger partial charge >= 0.3 is 0 Å². The third-order valence-electron chi connectivity index (χ3n) is 4.64. The van der Waals surface area contributed by atoms with Crippen LogP contribution in [0, 0.1) is 11.8 Å². The Bertz CT molecular complexity index is 226. The number of rotatable bonds is 5. The third kappa shape index (κ3) is 4.52. The van der Waals surface area contributed by atoms with E-state index >= 15 is 0 Å². The summed E-state index contributed by atoms with van der Waals surface area (Å²) in [5.41, 5.74) is 5.73. The summed E-state index contributed by atoms with van der Waals surface area (Å²) >= 11 is 0. The van der Waals surface area contributed by atoms with Gasteiger partial charge in [-0.05, 0) is 50.7 Å². The van der Waals surface area contributed by atoms with E-state index in [0.717, 1.165) is 12.5 Å². The van der Waals surface area contributed by atoms with Crippen LogP contribution in [0.25, 0.3) is 0 Å². The van der Waals surface area contributed by atoms with E-state index in [1.54, 1.807) is 0 Å². The monoisotopic (exact) mass is 253 g/mol. The highest BCUT2D eigenvalue weighted by atomic mass is 15.2. The van der Waals surface area contributed by atoms with Crippen molar-refractivity contribution < 1.29 is 0 Å². The molecule has 1 unspecified atom stereocenters. The molecule has 0 aromatic heterocycles. The molecule has 0 radical (unpaired) electrons. The first-order valence-corrected chi connectivity index (χ1v) is 7.92. The molecular formula is C15H31N3.